The van der Waals surface area contributed by atoms with E-state index in [9.17, 15) is 22.8 Å². The SMILES string of the molecule is O=C(COc1ccc(N2CCCC2=O)cc1)OCC(=O)c1ccc(S(=O)(=O)N2CCCC2)cc1. The van der Waals surface area contributed by atoms with Gasteiger partial charge in [0.15, 0.2) is 19.0 Å². The van der Waals surface area contributed by atoms with Gasteiger partial charge >= 0.3 is 5.97 Å². The topological polar surface area (TPSA) is 110 Å². The summed E-state index contributed by atoms with van der Waals surface area (Å²) in [5.41, 5.74) is 1.03. The van der Waals surface area contributed by atoms with Gasteiger partial charge in [0, 0.05) is 37.3 Å². The van der Waals surface area contributed by atoms with E-state index < -0.39 is 28.4 Å². The highest BCUT2D eigenvalue weighted by Crippen LogP contribution is 2.24. The number of amides is 1. The van der Waals surface area contributed by atoms with Crippen molar-refractivity contribution in [2.24, 2.45) is 0 Å². The Morgan fingerprint density at radius 3 is 2.15 bits per heavy atom. The van der Waals surface area contributed by atoms with Crippen LogP contribution in [0.4, 0.5) is 5.69 Å². The molecule has 9 nitrogen and oxygen atoms in total. The molecule has 0 aliphatic carbocycles. The number of esters is 1. The highest BCUT2D eigenvalue weighted by Gasteiger charge is 2.27. The third kappa shape index (κ3) is 5.45. The van der Waals surface area contributed by atoms with Crippen LogP contribution in [0.25, 0.3) is 0 Å². The molecule has 0 spiro atoms. The smallest absolute Gasteiger partial charge is 0.344 e. The largest absolute Gasteiger partial charge is 0.482 e. The highest BCUT2D eigenvalue weighted by molar-refractivity contribution is 7.89. The lowest BCUT2D eigenvalue weighted by atomic mass is 10.1. The lowest BCUT2D eigenvalue weighted by molar-refractivity contribution is -0.144. The molecule has 0 saturated carbocycles. The van der Waals surface area contributed by atoms with E-state index in [2.05, 4.69) is 0 Å². The Bertz CT molecular complexity index is 1150. The number of ketones is 1. The van der Waals surface area contributed by atoms with E-state index in [0.29, 0.717) is 31.8 Å². The summed E-state index contributed by atoms with van der Waals surface area (Å²) in [4.78, 5) is 37.9. The number of hydrogen-bond acceptors (Lipinski definition) is 7. The first kappa shape index (κ1) is 23.9. The fraction of sp³-hybridized carbons (Fsp3) is 0.375. The van der Waals surface area contributed by atoms with E-state index in [4.69, 9.17) is 9.47 Å². The molecule has 4 rings (SSSR count). The van der Waals surface area contributed by atoms with Crippen molar-refractivity contribution in [2.75, 3.05) is 37.7 Å². The second kappa shape index (κ2) is 10.4. The quantitative estimate of drug-likeness (QED) is 0.395. The molecule has 2 heterocycles. The number of Topliss-reactive ketones (excluding diaryl/α,β-unsaturated/α-hetero) is 1. The monoisotopic (exact) mass is 486 g/mol. The van der Waals surface area contributed by atoms with E-state index in [0.717, 1.165) is 24.9 Å². The number of ether oxygens (including phenoxy) is 2. The van der Waals surface area contributed by atoms with Crippen molar-refractivity contribution in [2.45, 2.75) is 30.6 Å². The van der Waals surface area contributed by atoms with Gasteiger partial charge in [-0.3, -0.25) is 9.59 Å². The van der Waals surface area contributed by atoms with Gasteiger partial charge in [0.2, 0.25) is 15.9 Å². The molecule has 34 heavy (non-hydrogen) atoms. The first-order valence-corrected chi connectivity index (χ1v) is 12.6. The molecule has 2 saturated heterocycles. The molecule has 1 amide bonds. The minimum absolute atomic E-state index is 0.0877. The van der Waals surface area contributed by atoms with E-state index in [1.807, 2.05) is 0 Å². The van der Waals surface area contributed by atoms with Crippen LogP contribution in [0.5, 0.6) is 5.75 Å². The summed E-state index contributed by atoms with van der Waals surface area (Å²) >= 11 is 0. The summed E-state index contributed by atoms with van der Waals surface area (Å²) in [5.74, 6) is -0.628. The Morgan fingerprint density at radius 1 is 0.853 bits per heavy atom. The Balaban J connectivity index is 1.24. The standard InChI is InChI=1S/C24H26N2O7S/c27-22(18-5-11-21(12-6-18)34(30,31)25-13-1-2-14-25)16-33-24(29)17-32-20-9-7-19(8-10-20)26-15-3-4-23(26)28/h5-12H,1-4,13-17H2. The van der Waals surface area contributed by atoms with Crippen molar-refractivity contribution in [1.29, 1.82) is 0 Å². The molecule has 0 aromatic heterocycles. The molecule has 0 atom stereocenters. The van der Waals surface area contributed by atoms with Crippen LogP contribution in [0.2, 0.25) is 0 Å². The molecular weight excluding hydrogens is 460 g/mol. The lowest BCUT2D eigenvalue weighted by Gasteiger charge is -2.16. The van der Waals surface area contributed by atoms with Crippen molar-refractivity contribution in [3.05, 3.63) is 54.1 Å². The van der Waals surface area contributed by atoms with Crippen LogP contribution in [0.1, 0.15) is 36.0 Å². The van der Waals surface area contributed by atoms with Gasteiger partial charge in [-0.15, -0.1) is 0 Å². The predicted molar refractivity (Wildman–Crippen MR) is 123 cm³/mol. The maximum Gasteiger partial charge on any atom is 0.344 e. The maximum atomic E-state index is 12.6. The van der Waals surface area contributed by atoms with Crippen LogP contribution in [0.15, 0.2) is 53.4 Å². The highest BCUT2D eigenvalue weighted by atomic mass is 32.2. The van der Waals surface area contributed by atoms with Gasteiger partial charge in [0.1, 0.15) is 5.75 Å². The summed E-state index contributed by atoms with van der Waals surface area (Å²) in [6.07, 6.45) is 3.07. The molecule has 2 aromatic rings. The van der Waals surface area contributed by atoms with Crippen LogP contribution in [-0.2, 0) is 24.3 Å². The first-order valence-electron chi connectivity index (χ1n) is 11.2. The zero-order valence-electron chi connectivity index (χ0n) is 18.6. The maximum absolute atomic E-state index is 12.6. The number of carbonyl (C=O) groups excluding carboxylic acids is 3. The van der Waals surface area contributed by atoms with Gasteiger partial charge in [-0.05, 0) is 67.8 Å². The fourth-order valence-electron chi connectivity index (χ4n) is 3.95. The van der Waals surface area contributed by atoms with E-state index in [1.54, 1.807) is 29.2 Å². The van der Waals surface area contributed by atoms with Crippen LogP contribution in [0.3, 0.4) is 0 Å². The predicted octanol–water partition coefficient (Wildman–Crippen LogP) is 2.40. The van der Waals surface area contributed by atoms with Gasteiger partial charge in [0.05, 0.1) is 4.90 Å². The summed E-state index contributed by atoms with van der Waals surface area (Å²) in [7, 11) is -3.55. The molecule has 2 aliphatic rings. The Kier molecular flexibility index (Phi) is 7.28. The number of sulfonamides is 1. The van der Waals surface area contributed by atoms with E-state index >= 15 is 0 Å². The Morgan fingerprint density at radius 2 is 1.53 bits per heavy atom. The Hall–Kier alpha value is -3.24. The van der Waals surface area contributed by atoms with Crippen molar-refractivity contribution in [1.82, 2.24) is 4.31 Å². The van der Waals surface area contributed by atoms with Crippen LogP contribution < -0.4 is 9.64 Å². The third-order valence-corrected chi connectivity index (χ3v) is 7.73. The van der Waals surface area contributed by atoms with Gasteiger partial charge < -0.3 is 14.4 Å². The van der Waals surface area contributed by atoms with Crippen molar-refractivity contribution in [3.8, 4) is 5.75 Å². The number of benzene rings is 2. The molecule has 0 unspecified atom stereocenters. The first-order chi connectivity index (χ1) is 16.3. The van der Waals surface area contributed by atoms with E-state index in [-0.39, 0.29) is 23.0 Å². The molecule has 0 bridgehead atoms. The molecule has 10 heteroatoms. The number of rotatable bonds is 9. The Labute approximate surface area is 198 Å². The summed E-state index contributed by atoms with van der Waals surface area (Å²) in [5, 5.41) is 0. The van der Waals surface area contributed by atoms with Crippen molar-refractivity contribution in [3.63, 3.8) is 0 Å². The van der Waals surface area contributed by atoms with Gasteiger partial charge in [-0.1, -0.05) is 0 Å². The summed E-state index contributed by atoms with van der Waals surface area (Å²) in [6, 6.07) is 12.5. The number of nitrogens with zero attached hydrogens (tertiary/aromatic N) is 2. The van der Waals surface area contributed by atoms with Gasteiger partial charge in [-0.2, -0.15) is 4.31 Å². The average molecular weight is 487 g/mol. The van der Waals surface area contributed by atoms with Crippen LogP contribution >= 0.6 is 0 Å². The molecule has 2 aliphatic heterocycles. The summed E-state index contributed by atoms with van der Waals surface area (Å²) < 4.78 is 36.9. The molecule has 0 N–H and O–H groups in total. The molecule has 2 aromatic carbocycles. The third-order valence-electron chi connectivity index (χ3n) is 5.82. The number of anilines is 1. The van der Waals surface area contributed by atoms with Gasteiger partial charge in [0.25, 0.3) is 0 Å². The zero-order valence-corrected chi connectivity index (χ0v) is 19.5. The molecular formula is C24H26N2O7S. The summed E-state index contributed by atoms with van der Waals surface area (Å²) in [6.45, 7) is 0.849. The number of carbonyl (C=O) groups is 3. The fourth-order valence-corrected chi connectivity index (χ4v) is 5.46. The van der Waals surface area contributed by atoms with Gasteiger partial charge in [-0.25, -0.2) is 13.2 Å². The molecule has 180 valence electrons. The lowest BCUT2D eigenvalue weighted by Crippen LogP contribution is -2.27. The number of hydrogen-bond donors (Lipinski definition) is 0. The van der Waals surface area contributed by atoms with Crippen LogP contribution in [0, 0.1) is 0 Å². The van der Waals surface area contributed by atoms with Crippen LogP contribution in [-0.4, -0.2) is 63.2 Å². The van der Waals surface area contributed by atoms with Crippen molar-refractivity contribution < 1.29 is 32.3 Å². The van der Waals surface area contributed by atoms with Crippen molar-refractivity contribution >= 4 is 33.4 Å². The van der Waals surface area contributed by atoms with E-state index in [1.165, 1.54) is 28.6 Å². The molecule has 2 fully saturated rings. The molecule has 0 radical (unpaired) electrons. The normalized spacial score (nSPS) is 16.6. The average Bonchev–Trinajstić information content (AvgIpc) is 3.54. The minimum atomic E-state index is -3.55. The second-order valence-electron chi connectivity index (χ2n) is 8.15. The zero-order chi connectivity index (χ0) is 24.1. The second-order valence-corrected chi connectivity index (χ2v) is 10.1. The minimum Gasteiger partial charge on any atom is -0.482 e.